The maximum Gasteiger partial charge on any atom is 0.0525 e. The van der Waals surface area contributed by atoms with Crippen LogP contribution in [-0.2, 0) is 0 Å². The Morgan fingerprint density at radius 1 is 1.33 bits per heavy atom. The van der Waals surface area contributed by atoms with Gasteiger partial charge in [0, 0.05) is 3.92 Å². The highest BCUT2D eigenvalue weighted by atomic mass is 127. The molecule has 0 radical (unpaired) electrons. The lowest BCUT2D eigenvalue weighted by molar-refractivity contribution is 0.185. The maximum atomic E-state index is 9.18. The fourth-order valence-electron chi connectivity index (χ4n) is 1.10. The van der Waals surface area contributed by atoms with Crippen LogP contribution in [0, 0.1) is 0 Å². The van der Waals surface area contributed by atoms with E-state index >= 15 is 0 Å². The maximum absolute atomic E-state index is 9.18. The van der Waals surface area contributed by atoms with Crippen LogP contribution < -0.4 is 0 Å². The van der Waals surface area contributed by atoms with Crippen molar-refractivity contribution in [2.24, 2.45) is 0 Å². The van der Waals surface area contributed by atoms with Gasteiger partial charge in [-0.1, -0.05) is 52.9 Å². The molecule has 2 atom stereocenters. The van der Waals surface area contributed by atoms with Crippen LogP contribution in [0.15, 0.2) is 30.3 Å². The van der Waals surface area contributed by atoms with Gasteiger partial charge >= 0.3 is 0 Å². The van der Waals surface area contributed by atoms with Gasteiger partial charge in [-0.05, 0) is 18.9 Å². The molecule has 66 valence electrons. The van der Waals surface area contributed by atoms with Gasteiger partial charge in [-0.2, -0.15) is 0 Å². The molecule has 0 saturated heterocycles. The Morgan fingerprint density at radius 3 is 2.42 bits per heavy atom. The van der Waals surface area contributed by atoms with Crippen molar-refractivity contribution in [2.45, 2.75) is 23.4 Å². The summed E-state index contributed by atoms with van der Waals surface area (Å²) in [6, 6.07) is 10.3. The summed E-state index contributed by atoms with van der Waals surface area (Å²) in [5.74, 6) is 0. The van der Waals surface area contributed by atoms with Gasteiger partial charge < -0.3 is 5.11 Å². The number of halogens is 1. The van der Waals surface area contributed by atoms with Crippen LogP contribution in [-0.4, -0.2) is 11.2 Å². The van der Waals surface area contributed by atoms with Crippen molar-refractivity contribution in [2.75, 3.05) is 0 Å². The summed E-state index contributed by atoms with van der Waals surface area (Å²) >= 11 is 2.36. The van der Waals surface area contributed by atoms with E-state index in [0.29, 0.717) is 3.92 Å². The Balaban J connectivity index is 2.59. The standard InChI is InChI=1S/C10H13IO/c1-8(12)7-10(11)9-5-3-2-4-6-9/h2-6,8,10,12H,7H2,1H3. The Kier molecular flexibility index (Phi) is 4.01. The van der Waals surface area contributed by atoms with Crippen molar-refractivity contribution in [3.63, 3.8) is 0 Å². The zero-order chi connectivity index (χ0) is 8.97. The second-order valence-electron chi connectivity index (χ2n) is 2.96. The molecule has 0 bridgehead atoms. The normalized spacial score (nSPS) is 15.6. The second-order valence-corrected chi connectivity index (χ2v) is 4.47. The monoisotopic (exact) mass is 276 g/mol. The number of hydrogen-bond acceptors (Lipinski definition) is 1. The van der Waals surface area contributed by atoms with Gasteiger partial charge in [-0.25, -0.2) is 0 Å². The SMILES string of the molecule is CC(O)CC(I)c1ccccc1. The van der Waals surface area contributed by atoms with Crippen molar-refractivity contribution in [1.29, 1.82) is 0 Å². The lowest BCUT2D eigenvalue weighted by Gasteiger charge is -2.11. The summed E-state index contributed by atoms with van der Waals surface area (Å²) in [5.41, 5.74) is 1.29. The number of aliphatic hydroxyl groups is 1. The van der Waals surface area contributed by atoms with E-state index in [1.165, 1.54) is 5.56 Å². The topological polar surface area (TPSA) is 20.2 Å². The first-order valence-corrected chi connectivity index (χ1v) is 5.32. The minimum atomic E-state index is -0.216. The lowest BCUT2D eigenvalue weighted by Crippen LogP contribution is -2.03. The van der Waals surface area contributed by atoms with Crippen LogP contribution in [0.3, 0.4) is 0 Å². The van der Waals surface area contributed by atoms with Crippen molar-refractivity contribution in [3.05, 3.63) is 35.9 Å². The minimum Gasteiger partial charge on any atom is -0.393 e. The van der Waals surface area contributed by atoms with Crippen LogP contribution in [0.4, 0.5) is 0 Å². The Hall–Kier alpha value is -0.0900. The molecular weight excluding hydrogens is 263 g/mol. The molecule has 2 heteroatoms. The molecule has 2 unspecified atom stereocenters. The lowest BCUT2D eigenvalue weighted by atomic mass is 10.1. The molecule has 1 rings (SSSR count). The van der Waals surface area contributed by atoms with Crippen molar-refractivity contribution in [1.82, 2.24) is 0 Å². The number of aliphatic hydroxyl groups excluding tert-OH is 1. The molecule has 0 heterocycles. The highest BCUT2D eigenvalue weighted by molar-refractivity contribution is 14.1. The average Bonchev–Trinajstić information content (AvgIpc) is 2.05. The van der Waals surface area contributed by atoms with E-state index < -0.39 is 0 Å². The summed E-state index contributed by atoms with van der Waals surface area (Å²) in [6.07, 6.45) is 0.608. The van der Waals surface area contributed by atoms with Crippen molar-refractivity contribution < 1.29 is 5.11 Å². The Morgan fingerprint density at radius 2 is 1.92 bits per heavy atom. The second kappa shape index (κ2) is 4.82. The van der Waals surface area contributed by atoms with Gasteiger partial charge in [0.25, 0.3) is 0 Å². The molecule has 0 spiro atoms. The first-order chi connectivity index (χ1) is 5.70. The summed E-state index contributed by atoms with van der Waals surface area (Å²) in [7, 11) is 0. The van der Waals surface area contributed by atoms with E-state index in [0.717, 1.165) is 6.42 Å². The van der Waals surface area contributed by atoms with Gasteiger partial charge in [0.05, 0.1) is 6.10 Å². The molecule has 1 aromatic carbocycles. The van der Waals surface area contributed by atoms with E-state index in [1.807, 2.05) is 25.1 Å². The van der Waals surface area contributed by atoms with E-state index in [-0.39, 0.29) is 6.10 Å². The van der Waals surface area contributed by atoms with Crippen LogP contribution in [0.5, 0.6) is 0 Å². The summed E-state index contributed by atoms with van der Waals surface area (Å²) in [4.78, 5) is 0. The molecule has 12 heavy (non-hydrogen) atoms. The van der Waals surface area contributed by atoms with Crippen molar-refractivity contribution in [3.8, 4) is 0 Å². The molecule has 0 aliphatic heterocycles. The van der Waals surface area contributed by atoms with Crippen LogP contribution in [0.2, 0.25) is 0 Å². The highest BCUT2D eigenvalue weighted by Crippen LogP contribution is 2.27. The molecule has 0 fully saturated rings. The first-order valence-electron chi connectivity index (χ1n) is 4.07. The van der Waals surface area contributed by atoms with Gasteiger partial charge in [0.2, 0.25) is 0 Å². The van der Waals surface area contributed by atoms with Crippen molar-refractivity contribution >= 4 is 22.6 Å². The van der Waals surface area contributed by atoms with E-state index in [1.54, 1.807) is 0 Å². The summed E-state index contributed by atoms with van der Waals surface area (Å²) < 4.78 is 0.420. The third-order valence-electron chi connectivity index (χ3n) is 1.71. The van der Waals surface area contributed by atoms with E-state index in [4.69, 9.17) is 0 Å². The first kappa shape index (κ1) is 9.99. The third-order valence-corrected chi connectivity index (χ3v) is 2.94. The molecule has 0 aliphatic rings. The van der Waals surface area contributed by atoms with Crippen LogP contribution >= 0.6 is 22.6 Å². The molecule has 0 amide bonds. The molecule has 0 saturated carbocycles. The van der Waals surface area contributed by atoms with Crippen LogP contribution in [0.25, 0.3) is 0 Å². The number of benzene rings is 1. The minimum absolute atomic E-state index is 0.216. The van der Waals surface area contributed by atoms with E-state index in [9.17, 15) is 5.11 Å². The Bertz CT molecular complexity index is 221. The number of alkyl halides is 1. The fraction of sp³-hybridized carbons (Fsp3) is 0.400. The molecule has 1 nitrogen and oxygen atoms in total. The van der Waals surface area contributed by atoms with Gasteiger partial charge in [-0.15, -0.1) is 0 Å². The smallest absolute Gasteiger partial charge is 0.0525 e. The predicted molar refractivity (Wildman–Crippen MR) is 59.5 cm³/mol. The quantitative estimate of drug-likeness (QED) is 0.664. The highest BCUT2D eigenvalue weighted by Gasteiger charge is 2.08. The molecular formula is C10H13IO. The van der Waals surface area contributed by atoms with Gasteiger partial charge in [-0.3, -0.25) is 0 Å². The summed E-state index contributed by atoms with van der Waals surface area (Å²) in [6.45, 7) is 1.83. The number of rotatable bonds is 3. The zero-order valence-corrected chi connectivity index (χ0v) is 9.23. The van der Waals surface area contributed by atoms with Gasteiger partial charge in [0.15, 0.2) is 0 Å². The largest absolute Gasteiger partial charge is 0.393 e. The molecule has 0 aromatic heterocycles. The van der Waals surface area contributed by atoms with E-state index in [2.05, 4.69) is 34.7 Å². The molecule has 1 N–H and O–H groups in total. The molecule has 1 aromatic rings. The summed E-state index contributed by atoms with van der Waals surface area (Å²) in [5, 5.41) is 9.18. The molecule has 0 aliphatic carbocycles. The average molecular weight is 276 g/mol. The predicted octanol–water partition coefficient (Wildman–Crippen LogP) is 2.93. The third kappa shape index (κ3) is 3.11. The fourth-order valence-corrected chi connectivity index (χ4v) is 2.25. The van der Waals surface area contributed by atoms with Crippen LogP contribution in [0.1, 0.15) is 22.8 Å². The number of hydrogen-bond donors (Lipinski definition) is 1. The zero-order valence-electron chi connectivity index (χ0n) is 7.07. The van der Waals surface area contributed by atoms with Gasteiger partial charge in [0.1, 0.15) is 0 Å². The Labute approximate surface area is 86.9 Å².